The second-order valence-electron chi connectivity index (χ2n) is 6.75. The minimum atomic E-state index is -1.23. The van der Waals surface area contributed by atoms with Crippen LogP contribution in [-0.2, 0) is 19.1 Å². The first-order valence-corrected chi connectivity index (χ1v) is 9.44. The number of aliphatic carboxylic acids is 1. The molecule has 29 heavy (non-hydrogen) atoms. The van der Waals surface area contributed by atoms with Crippen LogP contribution in [0.2, 0.25) is 0 Å². The van der Waals surface area contributed by atoms with E-state index in [1.165, 1.54) is 6.92 Å². The Labute approximate surface area is 168 Å². The Kier molecular flexibility index (Phi) is 6.16. The third kappa shape index (κ3) is 4.23. The fraction of sp³-hybridized carbons (Fsp3) is 0.318. The molecule has 0 radical (unpaired) electrons. The molecule has 1 N–H and O–H groups in total. The van der Waals surface area contributed by atoms with Gasteiger partial charge in [-0.1, -0.05) is 48.5 Å². The van der Waals surface area contributed by atoms with Gasteiger partial charge in [0.15, 0.2) is 0 Å². The van der Waals surface area contributed by atoms with Crippen LogP contribution in [0.15, 0.2) is 48.5 Å². The average Bonchev–Trinajstić information content (AvgIpc) is 3.04. The topological polar surface area (TPSA) is 93.1 Å². The van der Waals surface area contributed by atoms with Crippen molar-refractivity contribution in [2.75, 3.05) is 19.8 Å². The molecule has 0 aromatic heterocycles. The van der Waals surface area contributed by atoms with Crippen molar-refractivity contribution in [2.45, 2.75) is 25.8 Å². The summed E-state index contributed by atoms with van der Waals surface area (Å²) in [5, 5.41) is 9.28. The van der Waals surface area contributed by atoms with Crippen molar-refractivity contribution >= 4 is 18.0 Å². The summed E-state index contributed by atoms with van der Waals surface area (Å²) in [5.74, 6) is -2.08. The van der Waals surface area contributed by atoms with Gasteiger partial charge in [0.25, 0.3) is 0 Å². The van der Waals surface area contributed by atoms with Gasteiger partial charge in [-0.15, -0.1) is 0 Å². The van der Waals surface area contributed by atoms with E-state index in [0.717, 1.165) is 27.2 Å². The number of carbonyl (C=O) groups excluding carboxylic acids is 2. The predicted octanol–water partition coefficient (Wildman–Crippen LogP) is 3.27. The van der Waals surface area contributed by atoms with Crippen molar-refractivity contribution in [3.05, 3.63) is 59.7 Å². The highest BCUT2D eigenvalue weighted by molar-refractivity contribution is 5.84. The molecule has 7 nitrogen and oxygen atoms in total. The summed E-state index contributed by atoms with van der Waals surface area (Å²) in [4.78, 5) is 36.7. The third-order valence-electron chi connectivity index (χ3n) is 5.00. The molecular formula is C22H23NO6. The molecule has 0 spiro atoms. The van der Waals surface area contributed by atoms with E-state index in [-0.39, 0.29) is 19.1 Å². The molecule has 2 aromatic carbocycles. The Morgan fingerprint density at radius 1 is 1.00 bits per heavy atom. The number of esters is 1. The Balaban J connectivity index is 1.77. The van der Waals surface area contributed by atoms with Crippen molar-refractivity contribution in [2.24, 2.45) is 0 Å². The molecule has 0 heterocycles. The highest BCUT2D eigenvalue weighted by Gasteiger charge is 2.32. The Morgan fingerprint density at radius 3 is 2.07 bits per heavy atom. The van der Waals surface area contributed by atoms with Crippen LogP contribution in [0, 0.1) is 0 Å². The highest BCUT2D eigenvalue weighted by Crippen LogP contribution is 2.44. The standard InChI is InChI=1S/C22H23NO6/c1-3-28-20(24)12-23(14(2)21(25)26)22(27)29-13-19-17-10-6-4-8-15(17)16-9-5-7-11-18(16)19/h4-11,14,19H,3,12-13H2,1-2H3,(H,25,26)/t14-/m0/s1. The van der Waals surface area contributed by atoms with Crippen molar-refractivity contribution < 1.29 is 29.0 Å². The van der Waals surface area contributed by atoms with Gasteiger partial charge in [-0.05, 0) is 36.1 Å². The van der Waals surface area contributed by atoms with Gasteiger partial charge in [0.1, 0.15) is 19.2 Å². The normalized spacial score (nSPS) is 13.2. The van der Waals surface area contributed by atoms with E-state index in [1.807, 2.05) is 48.5 Å². The van der Waals surface area contributed by atoms with Crippen LogP contribution in [0.3, 0.4) is 0 Å². The second-order valence-corrected chi connectivity index (χ2v) is 6.75. The molecule has 0 bridgehead atoms. The highest BCUT2D eigenvalue weighted by atomic mass is 16.6. The zero-order valence-corrected chi connectivity index (χ0v) is 16.3. The zero-order chi connectivity index (χ0) is 21.0. The number of hydrogen-bond donors (Lipinski definition) is 1. The Morgan fingerprint density at radius 2 is 1.55 bits per heavy atom. The largest absolute Gasteiger partial charge is 0.480 e. The van der Waals surface area contributed by atoms with Gasteiger partial charge >= 0.3 is 18.0 Å². The summed E-state index contributed by atoms with van der Waals surface area (Å²) < 4.78 is 10.3. The van der Waals surface area contributed by atoms with Gasteiger partial charge in [-0.25, -0.2) is 9.59 Å². The number of fused-ring (bicyclic) bond motifs is 3. The lowest BCUT2D eigenvalue weighted by molar-refractivity contribution is -0.147. The molecular weight excluding hydrogens is 374 g/mol. The third-order valence-corrected chi connectivity index (χ3v) is 5.00. The molecule has 0 fully saturated rings. The summed E-state index contributed by atoms with van der Waals surface area (Å²) in [6.07, 6.45) is -0.866. The van der Waals surface area contributed by atoms with Crippen LogP contribution < -0.4 is 0 Å². The van der Waals surface area contributed by atoms with Crippen LogP contribution in [0.25, 0.3) is 11.1 Å². The van der Waals surface area contributed by atoms with Gasteiger partial charge in [-0.2, -0.15) is 0 Å². The lowest BCUT2D eigenvalue weighted by atomic mass is 9.98. The summed E-state index contributed by atoms with van der Waals surface area (Å²) in [6, 6.07) is 14.6. The van der Waals surface area contributed by atoms with Crippen LogP contribution in [0.5, 0.6) is 0 Å². The van der Waals surface area contributed by atoms with Crippen molar-refractivity contribution in [1.29, 1.82) is 0 Å². The van der Waals surface area contributed by atoms with E-state index < -0.39 is 30.6 Å². The van der Waals surface area contributed by atoms with E-state index in [0.29, 0.717) is 0 Å². The van der Waals surface area contributed by atoms with E-state index in [1.54, 1.807) is 6.92 Å². The maximum atomic E-state index is 12.6. The molecule has 0 saturated carbocycles. The van der Waals surface area contributed by atoms with Crippen LogP contribution in [-0.4, -0.2) is 53.8 Å². The average molecular weight is 397 g/mol. The number of hydrogen-bond acceptors (Lipinski definition) is 5. The van der Waals surface area contributed by atoms with Gasteiger partial charge in [-0.3, -0.25) is 9.69 Å². The van der Waals surface area contributed by atoms with Gasteiger partial charge < -0.3 is 14.6 Å². The fourth-order valence-electron chi connectivity index (χ4n) is 3.52. The minimum absolute atomic E-state index is 0.0402. The molecule has 152 valence electrons. The quantitative estimate of drug-likeness (QED) is 0.721. The lowest BCUT2D eigenvalue weighted by Crippen LogP contribution is -2.46. The molecule has 1 atom stereocenters. The van der Waals surface area contributed by atoms with E-state index in [2.05, 4.69) is 0 Å². The molecule has 0 saturated heterocycles. The predicted molar refractivity (Wildman–Crippen MR) is 106 cm³/mol. The Bertz CT molecular complexity index is 880. The van der Waals surface area contributed by atoms with Crippen molar-refractivity contribution in [3.8, 4) is 11.1 Å². The number of rotatable bonds is 7. The number of amides is 1. The first-order valence-electron chi connectivity index (χ1n) is 9.44. The lowest BCUT2D eigenvalue weighted by Gasteiger charge is -2.25. The molecule has 7 heteroatoms. The maximum Gasteiger partial charge on any atom is 0.411 e. The molecule has 2 aromatic rings. The number of nitrogens with zero attached hydrogens (tertiary/aromatic N) is 1. The number of carboxylic acids is 1. The van der Waals surface area contributed by atoms with Crippen molar-refractivity contribution in [1.82, 2.24) is 4.90 Å². The second kappa shape index (κ2) is 8.77. The Hall–Kier alpha value is -3.35. The summed E-state index contributed by atoms with van der Waals surface area (Å²) in [7, 11) is 0. The van der Waals surface area contributed by atoms with Crippen LogP contribution in [0.1, 0.15) is 30.9 Å². The van der Waals surface area contributed by atoms with Gasteiger partial charge in [0, 0.05) is 5.92 Å². The van der Waals surface area contributed by atoms with Crippen molar-refractivity contribution in [3.63, 3.8) is 0 Å². The molecule has 1 amide bonds. The van der Waals surface area contributed by atoms with E-state index in [9.17, 15) is 19.5 Å². The summed E-state index contributed by atoms with van der Waals surface area (Å²) >= 11 is 0. The molecule has 0 aliphatic heterocycles. The fourth-order valence-corrected chi connectivity index (χ4v) is 3.52. The van der Waals surface area contributed by atoms with Gasteiger partial charge in [0.05, 0.1) is 6.61 Å². The molecule has 1 aliphatic carbocycles. The zero-order valence-electron chi connectivity index (χ0n) is 16.3. The first kappa shape index (κ1) is 20.4. The number of carboxylic acid groups (broad SMARTS) is 1. The van der Waals surface area contributed by atoms with Crippen LogP contribution >= 0.6 is 0 Å². The van der Waals surface area contributed by atoms with E-state index in [4.69, 9.17) is 9.47 Å². The minimum Gasteiger partial charge on any atom is -0.480 e. The number of carbonyl (C=O) groups is 3. The summed E-state index contributed by atoms with van der Waals surface area (Å²) in [5.41, 5.74) is 4.27. The number of benzene rings is 2. The van der Waals surface area contributed by atoms with Crippen LogP contribution in [0.4, 0.5) is 4.79 Å². The maximum absolute atomic E-state index is 12.6. The SMILES string of the molecule is CCOC(=O)CN(C(=O)OCC1c2ccccc2-c2ccccc21)[C@@H](C)C(=O)O. The molecule has 0 unspecified atom stereocenters. The van der Waals surface area contributed by atoms with Gasteiger partial charge in [0.2, 0.25) is 0 Å². The summed E-state index contributed by atoms with van der Waals surface area (Å²) in [6.45, 7) is 2.65. The monoisotopic (exact) mass is 397 g/mol. The smallest absolute Gasteiger partial charge is 0.411 e. The van der Waals surface area contributed by atoms with E-state index >= 15 is 0 Å². The first-order chi connectivity index (χ1) is 13.9. The molecule has 1 aliphatic rings. The number of ether oxygens (including phenoxy) is 2. The molecule has 3 rings (SSSR count).